The van der Waals surface area contributed by atoms with Crippen LogP contribution in [-0.2, 0) is 4.79 Å². The molecule has 0 unspecified atom stereocenters. The minimum absolute atomic E-state index is 0.209. The maximum atomic E-state index is 12.4. The molecule has 6 nitrogen and oxygen atoms in total. The first kappa shape index (κ1) is 15.7. The Bertz CT molecular complexity index is 733. The van der Waals surface area contributed by atoms with E-state index in [0.717, 1.165) is 23.0 Å². The Morgan fingerprint density at radius 1 is 1.22 bits per heavy atom. The van der Waals surface area contributed by atoms with Gasteiger partial charge < -0.3 is 15.0 Å². The molecule has 2 N–H and O–H groups in total. The van der Waals surface area contributed by atoms with E-state index in [4.69, 9.17) is 0 Å². The fourth-order valence-corrected chi connectivity index (χ4v) is 3.11. The van der Waals surface area contributed by atoms with Crippen molar-refractivity contribution in [3.05, 3.63) is 47.0 Å². The summed E-state index contributed by atoms with van der Waals surface area (Å²) in [6, 6.07) is 7.58. The largest absolute Gasteiger partial charge is 0.480 e. The van der Waals surface area contributed by atoms with Gasteiger partial charge in [-0.2, -0.15) is 0 Å². The van der Waals surface area contributed by atoms with Crippen molar-refractivity contribution < 1.29 is 14.7 Å². The Labute approximate surface area is 141 Å². The smallest absolute Gasteiger partial charge is 0.329 e. The molecule has 1 aromatic heterocycles. The molecule has 0 bridgehead atoms. The van der Waals surface area contributed by atoms with Gasteiger partial charge in [0, 0.05) is 16.4 Å². The summed E-state index contributed by atoms with van der Waals surface area (Å²) in [6.07, 6.45) is 5.67. The minimum Gasteiger partial charge on any atom is -0.480 e. The molecule has 0 spiro atoms. The van der Waals surface area contributed by atoms with Gasteiger partial charge in [-0.15, -0.1) is 0 Å². The van der Waals surface area contributed by atoms with Crippen molar-refractivity contribution in [2.75, 3.05) is 0 Å². The lowest BCUT2D eigenvalue weighted by Gasteiger charge is -2.24. The highest BCUT2D eigenvalue weighted by Gasteiger charge is 2.43. The van der Waals surface area contributed by atoms with Gasteiger partial charge in [0.2, 0.25) is 0 Å². The molecule has 0 atom stereocenters. The average Bonchev–Trinajstić information content (AvgIpc) is 3.17. The van der Waals surface area contributed by atoms with E-state index in [-0.39, 0.29) is 5.69 Å². The van der Waals surface area contributed by atoms with Gasteiger partial charge in [-0.05, 0) is 37.1 Å². The van der Waals surface area contributed by atoms with Crippen molar-refractivity contribution in [3.8, 4) is 5.69 Å². The molecule has 1 aromatic carbocycles. The molecule has 1 fully saturated rings. The van der Waals surface area contributed by atoms with Gasteiger partial charge >= 0.3 is 5.97 Å². The standard InChI is InChI=1S/C16H16BrN3O3/c17-11-3-5-12(6-4-11)20-9-13(18-10-20)14(21)19-16(15(22)23)7-1-2-8-16/h3-6,9-10H,1-2,7-8H2,(H,19,21)(H,22,23). The third-order valence-electron chi connectivity index (χ3n) is 4.16. The summed E-state index contributed by atoms with van der Waals surface area (Å²) in [4.78, 5) is 27.9. The van der Waals surface area contributed by atoms with E-state index < -0.39 is 17.4 Å². The Balaban J connectivity index is 1.78. The predicted molar refractivity (Wildman–Crippen MR) is 87.6 cm³/mol. The van der Waals surface area contributed by atoms with Crippen LogP contribution >= 0.6 is 15.9 Å². The number of halogens is 1. The number of benzene rings is 1. The molecule has 1 heterocycles. The first-order valence-electron chi connectivity index (χ1n) is 7.36. The molecule has 120 valence electrons. The van der Waals surface area contributed by atoms with E-state index >= 15 is 0 Å². The highest BCUT2D eigenvalue weighted by molar-refractivity contribution is 9.10. The minimum atomic E-state index is -1.15. The molecule has 1 saturated carbocycles. The second-order valence-corrected chi connectivity index (χ2v) is 6.61. The van der Waals surface area contributed by atoms with Crippen LogP contribution in [0.15, 0.2) is 41.3 Å². The second-order valence-electron chi connectivity index (χ2n) is 5.69. The lowest BCUT2D eigenvalue weighted by molar-refractivity contribution is -0.144. The van der Waals surface area contributed by atoms with Crippen LogP contribution in [0.25, 0.3) is 5.69 Å². The zero-order valence-electron chi connectivity index (χ0n) is 12.3. The summed E-state index contributed by atoms with van der Waals surface area (Å²) >= 11 is 3.37. The molecule has 23 heavy (non-hydrogen) atoms. The lowest BCUT2D eigenvalue weighted by Crippen LogP contribution is -2.52. The van der Waals surface area contributed by atoms with Crippen LogP contribution in [-0.4, -0.2) is 32.1 Å². The first-order valence-corrected chi connectivity index (χ1v) is 8.15. The Morgan fingerprint density at radius 2 is 1.87 bits per heavy atom. The van der Waals surface area contributed by atoms with E-state index in [9.17, 15) is 14.7 Å². The van der Waals surface area contributed by atoms with E-state index in [1.54, 1.807) is 17.1 Å². The first-order chi connectivity index (χ1) is 11.0. The molecule has 0 saturated heterocycles. The van der Waals surface area contributed by atoms with Crippen molar-refractivity contribution in [1.82, 2.24) is 14.9 Å². The number of aromatic nitrogens is 2. The molecule has 1 aliphatic carbocycles. The molecule has 7 heteroatoms. The number of nitrogens with zero attached hydrogens (tertiary/aromatic N) is 2. The fraction of sp³-hybridized carbons (Fsp3) is 0.312. The number of nitrogens with one attached hydrogen (secondary N) is 1. The molecule has 1 amide bonds. The van der Waals surface area contributed by atoms with E-state index in [1.807, 2.05) is 24.3 Å². The van der Waals surface area contributed by atoms with Crippen molar-refractivity contribution >= 4 is 27.8 Å². The fourth-order valence-electron chi connectivity index (χ4n) is 2.85. The molecular weight excluding hydrogens is 362 g/mol. The molecule has 1 aliphatic rings. The summed E-state index contributed by atoms with van der Waals surface area (Å²) in [5, 5.41) is 12.1. The van der Waals surface area contributed by atoms with Crippen LogP contribution in [0.2, 0.25) is 0 Å². The number of aliphatic carboxylic acids is 1. The number of hydrogen-bond acceptors (Lipinski definition) is 3. The number of carbonyl (C=O) groups excluding carboxylic acids is 1. The summed E-state index contributed by atoms with van der Waals surface area (Å²) in [6.45, 7) is 0. The third kappa shape index (κ3) is 3.14. The maximum Gasteiger partial charge on any atom is 0.329 e. The monoisotopic (exact) mass is 377 g/mol. The van der Waals surface area contributed by atoms with Gasteiger partial charge in [-0.25, -0.2) is 9.78 Å². The van der Waals surface area contributed by atoms with Gasteiger partial charge in [0.25, 0.3) is 5.91 Å². The molecule has 0 radical (unpaired) electrons. The SMILES string of the molecule is O=C(NC1(C(=O)O)CCCC1)c1cn(-c2ccc(Br)cc2)cn1. The molecule has 3 rings (SSSR count). The third-order valence-corrected chi connectivity index (χ3v) is 4.69. The van der Waals surface area contributed by atoms with Crippen LogP contribution in [0.4, 0.5) is 0 Å². The van der Waals surface area contributed by atoms with Crippen LogP contribution in [0.3, 0.4) is 0 Å². The zero-order chi connectivity index (χ0) is 16.4. The zero-order valence-corrected chi connectivity index (χ0v) is 13.9. The van der Waals surface area contributed by atoms with Gasteiger partial charge in [-0.3, -0.25) is 4.79 Å². The second kappa shape index (κ2) is 6.16. The summed E-state index contributed by atoms with van der Waals surface area (Å²) < 4.78 is 2.69. The number of hydrogen-bond donors (Lipinski definition) is 2. The molecule has 0 aliphatic heterocycles. The topological polar surface area (TPSA) is 84.2 Å². The van der Waals surface area contributed by atoms with Crippen LogP contribution in [0.1, 0.15) is 36.2 Å². The van der Waals surface area contributed by atoms with Crippen molar-refractivity contribution in [1.29, 1.82) is 0 Å². The number of carbonyl (C=O) groups is 2. The number of imidazole rings is 1. The average molecular weight is 378 g/mol. The Morgan fingerprint density at radius 3 is 2.48 bits per heavy atom. The van der Waals surface area contributed by atoms with Gasteiger partial charge in [0.15, 0.2) is 0 Å². The van der Waals surface area contributed by atoms with Gasteiger partial charge in [-0.1, -0.05) is 28.8 Å². The normalized spacial score (nSPS) is 16.2. The van der Waals surface area contributed by atoms with E-state index in [2.05, 4.69) is 26.2 Å². The Kier molecular flexibility index (Phi) is 4.21. The van der Waals surface area contributed by atoms with Crippen LogP contribution in [0.5, 0.6) is 0 Å². The van der Waals surface area contributed by atoms with Crippen LogP contribution in [0, 0.1) is 0 Å². The Hall–Kier alpha value is -2.15. The lowest BCUT2D eigenvalue weighted by atomic mass is 9.98. The maximum absolute atomic E-state index is 12.4. The van der Waals surface area contributed by atoms with Crippen molar-refractivity contribution in [2.24, 2.45) is 0 Å². The van der Waals surface area contributed by atoms with E-state index in [1.165, 1.54) is 0 Å². The highest BCUT2D eigenvalue weighted by Crippen LogP contribution is 2.30. The van der Waals surface area contributed by atoms with Crippen molar-refractivity contribution in [2.45, 2.75) is 31.2 Å². The van der Waals surface area contributed by atoms with Gasteiger partial charge in [0.1, 0.15) is 17.6 Å². The van der Waals surface area contributed by atoms with Crippen molar-refractivity contribution in [3.63, 3.8) is 0 Å². The predicted octanol–water partition coefficient (Wildman–Crippen LogP) is 2.76. The number of amides is 1. The number of rotatable bonds is 4. The van der Waals surface area contributed by atoms with E-state index in [0.29, 0.717) is 12.8 Å². The quantitative estimate of drug-likeness (QED) is 0.857. The highest BCUT2D eigenvalue weighted by atomic mass is 79.9. The number of carboxylic acid groups (broad SMARTS) is 1. The molecular formula is C16H16BrN3O3. The summed E-state index contributed by atoms with van der Waals surface area (Å²) in [5.74, 6) is -1.43. The summed E-state index contributed by atoms with van der Waals surface area (Å²) in [7, 11) is 0. The summed E-state index contributed by atoms with van der Waals surface area (Å²) in [5.41, 5.74) is -0.0765. The number of carboxylic acids is 1. The van der Waals surface area contributed by atoms with Crippen LogP contribution < -0.4 is 5.32 Å². The van der Waals surface area contributed by atoms with Gasteiger partial charge in [0.05, 0.1) is 0 Å². The molecule has 2 aromatic rings.